The summed E-state index contributed by atoms with van der Waals surface area (Å²) in [4.78, 5) is 0. The maximum atomic E-state index is 3.36. The summed E-state index contributed by atoms with van der Waals surface area (Å²) in [5.74, 6) is 0. The first-order valence-electron chi connectivity index (χ1n) is 4.68. The molecule has 70 valence electrons. The Balaban J connectivity index is 2.64. The summed E-state index contributed by atoms with van der Waals surface area (Å²) in [7, 11) is 0. The Morgan fingerprint density at radius 1 is 1.23 bits per heavy atom. The summed E-state index contributed by atoms with van der Waals surface area (Å²) < 4.78 is 0. The van der Waals surface area contributed by atoms with Crippen molar-refractivity contribution in [2.24, 2.45) is 0 Å². The molecular weight excluding hydrogens is 224 g/mol. The normalized spacial score (nSPS) is 10.9. The summed E-state index contributed by atoms with van der Waals surface area (Å²) in [5, 5.41) is 0.920. The van der Waals surface area contributed by atoms with Crippen LogP contribution in [0.3, 0.4) is 0 Å². The third-order valence-electron chi connectivity index (χ3n) is 1.92. The Bertz CT molecular complexity index is 259. The molecule has 1 rings (SSSR count). The monoisotopic (exact) mass is 238 g/mol. The number of halogens is 1. The second-order valence-corrected chi connectivity index (χ2v) is 3.70. The number of hydrogen-bond donors (Lipinski definition) is 0. The molecule has 0 unspecified atom stereocenters. The summed E-state index contributed by atoms with van der Waals surface area (Å²) in [6, 6.07) is 8.75. The first kappa shape index (κ1) is 10.5. The fourth-order valence-electron chi connectivity index (χ4n) is 1.26. The van der Waals surface area contributed by atoms with Crippen LogP contribution in [-0.2, 0) is 6.42 Å². The molecule has 0 aromatic heterocycles. The summed E-state index contributed by atoms with van der Waals surface area (Å²) in [6.07, 6.45) is 6.64. The highest BCUT2D eigenvalue weighted by molar-refractivity contribution is 9.09. The Kier molecular flexibility index (Phi) is 4.84. The van der Waals surface area contributed by atoms with E-state index < -0.39 is 0 Å². The van der Waals surface area contributed by atoms with Gasteiger partial charge in [-0.2, -0.15) is 0 Å². The van der Waals surface area contributed by atoms with Crippen molar-refractivity contribution in [1.82, 2.24) is 0 Å². The Hall–Kier alpha value is -0.560. The van der Waals surface area contributed by atoms with Crippen molar-refractivity contribution in [2.75, 3.05) is 5.33 Å². The molecule has 0 amide bonds. The lowest BCUT2D eigenvalue weighted by molar-refractivity contribution is 0.922. The van der Waals surface area contributed by atoms with Gasteiger partial charge in [0.1, 0.15) is 0 Å². The zero-order chi connectivity index (χ0) is 9.52. The second-order valence-electron chi connectivity index (χ2n) is 3.05. The SMILES string of the molecule is CCCc1ccc(C=CCBr)cc1. The molecule has 0 atom stereocenters. The molecular formula is C12H15Br. The second kappa shape index (κ2) is 5.98. The van der Waals surface area contributed by atoms with Crippen LogP contribution in [0, 0.1) is 0 Å². The summed E-state index contributed by atoms with van der Waals surface area (Å²) in [5.41, 5.74) is 2.71. The minimum atomic E-state index is 0.920. The van der Waals surface area contributed by atoms with Gasteiger partial charge < -0.3 is 0 Å². The third-order valence-corrected chi connectivity index (χ3v) is 2.29. The fourth-order valence-corrected chi connectivity index (χ4v) is 1.45. The lowest BCUT2D eigenvalue weighted by atomic mass is 10.1. The third kappa shape index (κ3) is 3.77. The van der Waals surface area contributed by atoms with Crippen LogP contribution in [0.15, 0.2) is 30.3 Å². The molecule has 0 aliphatic carbocycles. The van der Waals surface area contributed by atoms with Crippen LogP contribution in [0.2, 0.25) is 0 Å². The van der Waals surface area contributed by atoms with E-state index in [-0.39, 0.29) is 0 Å². The van der Waals surface area contributed by atoms with Crippen LogP contribution in [0.1, 0.15) is 24.5 Å². The van der Waals surface area contributed by atoms with E-state index in [2.05, 4.69) is 59.3 Å². The number of rotatable bonds is 4. The van der Waals surface area contributed by atoms with Gasteiger partial charge >= 0.3 is 0 Å². The van der Waals surface area contributed by atoms with E-state index in [1.54, 1.807) is 0 Å². The molecule has 0 saturated carbocycles. The van der Waals surface area contributed by atoms with Gasteiger partial charge in [0.05, 0.1) is 0 Å². The van der Waals surface area contributed by atoms with Crippen LogP contribution in [0.25, 0.3) is 6.08 Å². The molecule has 0 heterocycles. The van der Waals surface area contributed by atoms with Gasteiger partial charge in [-0.1, -0.05) is 65.7 Å². The molecule has 0 bridgehead atoms. The van der Waals surface area contributed by atoms with Crippen LogP contribution in [-0.4, -0.2) is 5.33 Å². The van der Waals surface area contributed by atoms with Gasteiger partial charge in [-0.15, -0.1) is 0 Å². The predicted octanol–water partition coefficient (Wildman–Crippen LogP) is 4.05. The zero-order valence-corrected chi connectivity index (χ0v) is 9.55. The van der Waals surface area contributed by atoms with Crippen LogP contribution >= 0.6 is 15.9 Å². The first-order chi connectivity index (χ1) is 6.36. The van der Waals surface area contributed by atoms with E-state index in [1.807, 2.05) is 0 Å². The summed E-state index contributed by atoms with van der Waals surface area (Å²) >= 11 is 3.36. The molecule has 0 nitrogen and oxygen atoms in total. The fraction of sp³-hybridized carbons (Fsp3) is 0.333. The van der Waals surface area contributed by atoms with Crippen molar-refractivity contribution in [3.63, 3.8) is 0 Å². The Morgan fingerprint density at radius 2 is 1.92 bits per heavy atom. The maximum absolute atomic E-state index is 3.36. The van der Waals surface area contributed by atoms with E-state index >= 15 is 0 Å². The predicted molar refractivity (Wildman–Crippen MR) is 63.3 cm³/mol. The highest BCUT2D eigenvalue weighted by Gasteiger charge is 1.90. The quantitative estimate of drug-likeness (QED) is 0.695. The van der Waals surface area contributed by atoms with Crippen molar-refractivity contribution in [3.05, 3.63) is 41.5 Å². The van der Waals surface area contributed by atoms with Gasteiger partial charge in [0.25, 0.3) is 0 Å². The zero-order valence-electron chi connectivity index (χ0n) is 7.96. The largest absolute Gasteiger partial charge is 0.0883 e. The molecule has 0 radical (unpaired) electrons. The lowest BCUT2D eigenvalue weighted by Crippen LogP contribution is -1.82. The van der Waals surface area contributed by atoms with Crippen LogP contribution < -0.4 is 0 Å². The molecule has 1 aromatic carbocycles. The number of alkyl halides is 1. The van der Waals surface area contributed by atoms with Crippen molar-refractivity contribution in [3.8, 4) is 0 Å². The highest BCUT2D eigenvalue weighted by Crippen LogP contribution is 2.08. The number of benzene rings is 1. The van der Waals surface area contributed by atoms with Crippen molar-refractivity contribution in [2.45, 2.75) is 19.8 Å². The molecule has 1 heteroatoms. The van der Waals surface area contributed by atoms with Crippen LogP contribution in [0.4, 0.5) is 0 Å². The number of hydrogen-bond acceptors (Lipinski definition) is 0. The minimum Gasteiger partial charge on any atom is -0.0883 e. The van der Waals surface area contributed by atoms with Gasteiger partial charge in [0.2, 0.25) is 0 Å². The van der Waals surface area contributed by atoms with E-state index in [1.165, 1.54) is 24.0 Å². The van der Waals surface area contributed by atoms with E-state index in [0.29, 0.717) is 0 Å². The van der Waals surface area contributed by atoms with Crippen LogP contribution in [0.5, 0.6) is 0 Å². The van der Waals surface area contributed by atoms with E-state index in [4.69, 9.17) is 0 Å². The smallest absolute Gasteiger partial charge is 0.0215 e. The standard InChI is InChI=1S/C12H15Br/c1-2-4-11-6-8-12(9-7-11)5-3-10-13/h3,5-9H,2,4,10H2,1H3. The number of aryl methyl sites for hydroxylation is 1. The highest BCUT2D eigenvalue weighted by atomic mass is 79.9. The molecule has 0 N–H and O–H groups in total. The molecule has 0 fully saturated rings. The van der Waals surface area contributed by atoms with Gasteiger partial charge in [0, 0.05) is 5.33 Å². The lowest BCUT2D eigenvalue weighted by Gasteiger charge is -1.98. The summed E-state index contributed by atoms with van der Waals surface area (Å²) in [6.45, 7) is 2.21. The Morgan fingerprint density at radius 3 is 2.46 bits per heavy atom. The first-order valence-corrected chi connectivity index (χ1v) is 5.80. The van der Waals surface area contributed by atoms with Gasteiger partial charge in [-0.3, -0.25) is 0 Å². The van der Waals surface area contributed by atoms with E-state index in [0.717, 1.165) is 5.33 Å². The molecule has 0 spiro atoms. The minimum absolute atomic E-state index is 0.920. The topological polar surface area (TPSA) is 0 Å². The van der Waals surface area contributed by atoms with Gasteiger partial charge in [0.15, 0.2) is 0 Å². The van der Waals surface area contributed by atoms with Crippen molar-refractivity contribution < 1.29 is 0 Å². The molecule has 0 aliphatic rings. The van der Waals surface area contributed by atoms with Gasteiger partial charge in [-0.25, -0.2) is 0 Å². The van der Waals surface area contributed by atoms with E-state index in [9.17, 15) is 0 Å². The molecule has 0 saturated heterocycles. The van der Waals surface area contributed by atoms with Crippen molar-refractivity contribution >= 4 is 22.0 Å². The Labute approximate surface area is 88.8 Å². The molecule has 1 aromatic rings. The average molecular weight is 239 g/mol. The van der Waals surface area contributed by atoms with Crippen molar-refractivity contribution in [1.29, 1.82) is 0 Å². The number of allylic oxidation sites excluding steroid dienone is 1. The molecule has 0 aliphatic heterocycles. The molecule has 13 heavy (non-hydrogen) atoms. The maximum Gasteiger partial charge on any atom is 0.0215 e. The average Bonchev–Trinajstić information content (AvgIpc) is 2.17. The van der Waals surface area contributed by atoms with Gasteiger partial charge in [-0.05, 0) is 17.5 Å².